The molecule has 2 saturated heterocycles. The molecule has 2 fully saturated rings. The molecule has 2 aliphatic heterocycles. The van der Waals surface area contributed by atoms with Crippen molar-refractivity contribution >= 4 is 12.0 Å². The van der Waals surface area contributed by atoms with Gasteiger partial charge in [-0.25, -0.2) is 0 Å². The minimum atomic E-state index is -0.512. The maximum atomic E-state index is 11.8. The number of carbonyl (C=O) groups is 1. The van der Waals surface area contributed by atoms with E-state index >= 15 is 0 Å². The molecule has 4 rings (SSSR count). The Hall–Kier alpha value is -2.21. The molecule has 0 aliphatic carbocycles. The number of nitrogens with zero attached hydrogens (tertiary/aromatic N) is 2. The fourth-order valence-electron chi connectivity index (χ4n) is 4.26. The van der Waals surface area contributed by atoms with E-state index in [0.29, 0.717) is 6.54 Å². The highest BCUT2D eigenvalue weighted by Gasteiger charge is 2.37. The molecule has 5 heteroatoms. The van der Waals surface area contributed by atoms with Crippen LogP contribution in [-0.2, 0) is 14.3 Å². The van der Waals surface area contributed by atoms with Crippen molar-refractivity contribution in [3.05, 3.63) is 65.7 Å². The SMILES string of the molecule is CCC(c1cccc(N2CCOCC2)c1)N1CC(c2ccccc2)OC1C=O. The maximum Gasteiger partial charge on any atom is 0.168 e. The largest absolute Gasteiger partial charge is 0.378 e. The Bertz CT molecular complexity index is 776. The molecule has 0 N–H and O–H groups in total. The van der Waals surface area contributed by atoms with Gasteiger partial charge in [0.05, 0.1) is 19.3 Å². The van der Waals surface area contributed by atoms with Crippen LogP contribution in [0.2, 0.25) is 0 Å². The molecule has 0 aromatic heterocycles. The summed E-state index contributed by atoms with van der Waals surface area (Å²) in [6.07, 6.45) is 1.26. The van der Waals surface area contributed by atoms with E-state index in [1.165, 1.54) is 11.3 Å². The molecule has 2 aromatic carbocycles. The Kier molecular flexibility index (Phi) is 6.05. The number of carbonyl (C=O) groups excluding carboxylic acids is 1. The fraction of sp³-hybridized carbons (Fsp3) is 0.435. The van der Waals surface area contributed by atoms with Gasteiger partial charge in [-0.15, -0.1) is 0 Å². The summed E-state index contributed by atoms with van der Waals surface area (Å²) >= 11 is 0. The number of rotatable bonds is 6. The predicted octanol–water partition coefficient (Wildman–Crippen LogP) is 3.57. The number of anilines is 1. The van der Waals surface area contributed by atoms with Gasteiger partial charge in [-0.05, 0) is 29.7 Å². The summed E-state index contributed by atoms with van der Waals surface area (Å²) in [5.41, 5.74) is 3.58. The first-order valence-electron chi connectivity index (χ1n) is 10.1. The lowest BCUT2D eigenvalue weighted by Crippen LogP contribution is -2.37. The third-order valence-corrected chi connectivity index (χ3v) is 5.71. The average molecular weight is 380 g/mol. The Balaban J connectivity index is 1.56. The zero-order valence-electron chi connectivity index (χ0n) is 16.4. The van der Waals surface area contributed by atoms with Crippen LogP contribution in [0.4, 0.5) is 5.69 Å². The number of aldehydes is 1. The molecule has 0 spiro atoms. The van der Waals surface area contributed by atoms with Gasteiger partial charge < -0.3 is 14.4 Å². The lowest BCUT2D eigenvalue weighted by atomic mass is 10.0. The number of morpholine rings is 1. The first kappa shape index (κ1) is 19.1. The second-order valence-electron chi connectivity index (χ2n) is 7.38. The van der Waals surface area contributed by atoms with E-state index in [2.05, 4.69) is 53.1 Å². The summed E-state index contributed by atoms with van der Waals surface area (Å²) in [5, 5.41) is 0. The lowest BCUT2D eigenvalue weighted by molar-refractivity contribution is -0.125. The molecule has 5 nitrogen and oxygen atoms in total. The van der Waals surface area contributed by atoms with Crippen LogP contribution in [0.25, 0.3) is 0 Å². The van der Waals surface area contributed by atoms with Crippen molar-refractivity contribution < 1.29 is 14.3 Å². The third kappa shape index (κ3) is 3.97. The van der Waals surface area contributed by atoms with Gasteiger partial charge in [-0.2, -0.15) is 0 Å². The van der Waals surface area contributed by atoms with E-state index in [1.54, 1.807) is 0 Å². The maximum absolute atomic E-state index is 11.8. The smallest absolute Gasteiger partial charge is 0.168 e. The number of ether oxygens (including phenoxy) is 2. The van der Waals surface area contributed by atoms with Crippen LogP contribution in [0.15, 0.2) is 54.6 Å². The Morgan fingerprint density at radius 2 is 1.89 bits per heavy atom. The monoisotopic (exact) mass is 380 g/mol. The zero-order chi connectivity index (χ0) is 19.3. The molecule has 28 heavy (non-hydrogen) atoms. The summed E-state index contributed by atoms with van der Waals surface area (Å²) in [6.45, 7) is 6.26. The molecule has 0 amide bonds. The van der Waals surface area contributed by atoms with E-state index in [-0.39, 0.29) is 12.1 Å². The molecule has 0 bridgehead atoms. The lowest BCUT2D eigenvalue weighted by Gasteiger charge is -2.32. The van der Waals surface area contributed by atoms with Crippen LogP contribution in [0, 0.1) is 0 Å². The van der Waals surface area contributed by atoms with Gasteiger partial charge >= 0.3 is 0 Å². The van der Waals surface area contributed by atoms with E-state index in [0.717, 1.165) is 44.6 Å². The van der Waals surface area contributed by atoms with Gasteiger partial charge in [0.2, 0.25) is 0 Å². The predicted molar refractivity (Wildman–Crippen MR) is 109 cm³/mol. The number of hydrogen-bond acceptors (Lipinski definition) is 5. The van der Waals surface area contributed by atoms with Crippen LogP contribution in [0.1, 0.15) is 36.6 Å². The van der Waals surface area contributed by atoms with Crippen molar-refractivity contribution in [2.75, 3.05) is 37.7 Å². The topological polar surface area (TPSA) is 42.0 Å². The van der Waals surface area contributed by atoms with Gasteiger partial charge in [-0.3, -0.25) is 9.69 Å². The third-order valence-electron chi connectivity index (χ3n) is 5.71. The van der Waals surface area contributed by atoms with Gasteiger partial charge in [-0.1, -0.05) is 49.4 Å². The van der Waals surface area contributed by atoms with Crippen LogP contribution in [0.3, 0.4) is 0 Å². The van der Waals surface area contributed by atoms with Crippen molar-refractivity contribution in [2.45, 2.75) is 31.7 Å². The average Bonchev–Trinajstić information content (AvgIpc) is 3.20. The van der Waals surface area contributed by atoms with E-state index < -0.39 is 6.23 Å². The molecule has 3 unspecified atom stereocenters. The van der Waals surface area contributed by atoms with Crippen molar-refractivity contribution in [3.8, 4) is 0 Å². The van der Waals surface area contributed by atoms with Crippen molar-refractivity contribution in [1.29, 1.82) is 0 Å². The van der Waals surface area contributed by atoms with Gasteiger partial charge in [0, 0.05) is 31.4 Å². The first-order chi connectivity index (χ1) is 13.8. The molecule has 3 atom stereocenters. The summed E-state index contributed by atoms with van der Waals surface area (Å²) in [6, 6.07) is 19.0. The van der Waals surface area contributed by atoms with Crippen LogP contribution in [-0.4, -0.2) is 50.3 Å². The molecule has 0 radical (unpaired) electrons. The van der Waals surface area contributed by atoms with Crippen molar-refractivity contribution in [1.82, 2.24) is 4.90 Å². The first-order valence-corrected chi connectivity index (χ1v) is 10.1. The summed E-state index contributed by atoms with van der Waals surface area (Å²) in [4.78, 5) is 16.3. The van der Waals surface area contributed by atoms with Gasteiger partial charge in [0.15, 0.2) is 12.5 Å². The van der Waals surface area contributed by atoms with E-state index in [1.807, 2.05) is 18.2 Å². The highest BCUT2D eigenvalue weighted by molar-refractivity contribution is 5.57. The van der Waals surface area contributed by atoms with Crippen LogP contribution < -0.4 is 4.90 Å². The normalized spacial score (nSPS) is 24.2. The molecular weight excluding hydrogens is 352 g/mol. The van der Waals surface area contributed by atoms with E-state index in [9.17, 15) is 4.79 Å². The highest BCUT2D eigenvalue weighted by Crippen LogP contribution is 2.37. The fourth-order valence-corrected chi connectivity index (χ4v) is 4.26. The molecular formula is C23H28N2O3. The second-order valence-corrected chi connectivity index (χ2v) is 7.38. The summed E-state index contributed by atoms with van der Waals surface area (Å²) < 4.78 is 11.6. The van der Waals surface area contributed by atoms with Crippen LogP contribution in [0.5, 0.6) is 0 Å². The minimum Gasteiger partial charge on any atom is -0.378 e. The summed E-state index contributed by atoms with van der Waals surface area (Å²) in [7, 11) is 0. The molecule has 2 aromatic rings. The molecule has 148 valence electrons. The standard InChI is InChI=1S/C23H28N2O3/c1-2-21(19-9-6-10-20(15-19)24-11-13-27-14-12-24)25-16-22(28-23(25)17-26)18-7-4-3-5-8-18/h3-10,15,17,21-23H,2,11-14,16H2,1H3. The Labute approximate surface area is 166 Å². The second kappa shape index (κ2) is 8.86. The number of hydrogen-bond donors (Lipinski definition) is 0. The molecule has 2 aliphatic rings. The van der Waals surface area contributed by atoms with Crippen molar-refractivity contribution in [3.63, 3.8) is 0 Å². The van der Waals surface area contributed by atoms with Gasteiger partial charge in [0.1, 0.15) is 0 Å². The number of benzene rings is 2. The van der Waals surface area contributed by atoms with E-state index in [4.69, 9.17) is 9.47 Å². The minimum absolute atomic E-state index is 0.0760. The molecule has 0 saturated carbocycles. The zero-order valence-corrected chi connectivity index (χ0v) is 16.4. The quantitative estimate of drug-likeness (QED) is 0.717. The van der Waals surface area contributed by atoms with Crippen LogP contribution >= 0.6 is 0 Å². The van der Waals surface area contributed by atoms with Gasteiger partial charge in [0.25, 0.3) is 0 Å². The Morgan fingerprint density at radius 3 is 2.61 bits per heavy atom. The molecule has 2 heterocycles. The summed E-state index contributed by atoms with van der Waals surface area (Å²) in [5.74, 6) is 0. The Morgan fingerprint density at radius 1 is 1.11 bits per heavy atom. The van der Waals surface area contributed by atoms with Crippen molar-refractivity contribution in [2.24, 2.45) is 0 Å². The highest BCUT2D eigenvalue weighted by atomic mass is 16.5.